The van der Waals surface area contributed by atoms with Crippen molar-refractivity contribution in [3.8, 4) is 5.75 Å². The number of halogens is 1. The minimum atomic E-state index is -0.315. The Balaban J connectivity index is 1.69. The lowest BCUT2D eigenvalue weighted by Crippen LogP contribution is -2.17. The van der Waals surface area contributed by atoms with Gasteiger partial charge in [0.2, 0.25) is 5.95 Å². The number of anilines is 4. The van der Waals surface area contributed by atoms with Crippen LogP contribution in [0.15, 0.2) is 48.5 Å². The number of methoxy groups -OCH3 is 1. The summed E-state index contributed by atoms with van der Waals surface area (Å²) in [7, 11) is 1.61. The third-order valence-corrected chi connectivity index (χ3v) is 4.53. The number of Topliss-reactive ketones (excluding diaryl/α,β-unsaturated/α-hetero) is 1. The van der Waals surface area contributed by atoms with Crippen LogP contribution in [0.4, 0.5) is 27.5 Å². The summed E-state index contributed by atoms with van der Waals surface area (Å²) in [6.45, 7) is 0. The maximum atomic E-state index is 13.1. The zero-order valence-corrected chi connectivity index (χ0v) is 15.3. The Morgan fingerprint density at radius 3 is 2.32 bits per heavy atom. The Labute approximate surface area is 161 Å². The molecule has 4 rings (SSSR count). The summed E-state index contributed by atoms with van der Waals surface area (Å²) in [6, 6.07) is 13.3. The first-order valence-corrected chi connectivity index (χ1v) is 9.00. The Morgan fingerprint density at radius 2 is 1.61 bits per heavy atom. The van der Waals surface area contributed by atoms with Crippen molar-refractivity contribution in [1.29, 1.82) is 0 Å². The number of ketones is 1. The van der Waals surface area contributed by atoms with Gasteiger partial charge in [0.15, 0.2) is 5.78 Å². The molecule has 28 heavy (non-hydrogen) atoms. The van der Waals surface area contributed by atoms with E-state index in [4.69, 9.17) is 4.74 Å². The van der Waals surface area contributed by atoms with Crippen molar-refractivity contribution in [2.75, 3.05) is 17.7 Å². The topological polar surface area (TPSA) is 76.1 Å². The fraction of sp³-hybridized carbons (Fsp3) is 0.190. The number of rotatable bonds is 5. The van der Waals surface area contributed by atoms with Gasteiger partial charge in [0.1, 0.15) is 17.4 Å². The largest absolute Gasteiger partial charge is 0.497 e. The summed E-state index contributed by atoms with van der Waals surface area (Å²) < 4.78 is 18.3. The fourth-order valence-corrected chi connectivity index (χ4v) is 3.14. The first-order valence-electron chi connectivity index (χ1n) is 9.00. The molecule has 1 aliphatic rings. The highest BCUT2D eigenvalue weighted by Crippen LogP contribution is 2.30. The molecule has 0 bridgehead atoms. The third-order valence-electron chi connectivity index (χ3n) is 4.53. The molecule has 0 atom stereocenters. The van der Waals surface area contributed by atoms with Crippen molar-refractivity contribution >= 4 is 28.9 Å². The van der Waals surface area contributed by atoms with Crippen LogP contribution in [0.25, 0.3) is 0 Å². The number of nitrogens with one attached hydrogen (secondary N) is 2. The minimum Gasteiger partial charge on any atom is -0.497 e. The van der Waals surface area contributed by atoms with Gasteiger partial charge in [-0.1, -0.05) is 0 Å². The number of hydrogen-bond donors (Lipinski definition) is 2. The Kier molecular flexibility index (Phi) is 4.89. The molecule has 6 nitrogen and oxygen atoms in total. The molecule has 0 saturated heterocycles. The van der Waals surface area contributed by atoms with Gasteiger partial charge < -0.3 is 15.4 Å². The molecule has 1 aliphatic carbocycles. The Morgan fingerprint density at radius 1 is 0.929 bits per heavy atom. The molecule has 0 aliphatic heterocycles. The molecule has 0 radical (unpaired) electrons. The summed E-state index contributed by atoms with van der Waals surface area (Å²) in [4.78, 5) is 21.5. The highest BCUT2D eigenvalue weighted by atomic mass is 19.1. The number of nitrogens with zero attached hydrogens (tertiary/aromatic N) is 2. The minimum absolute atomic E-state index is 0.0330. The number of aromatic nitrogens is 2. The second kappa shape index (κ2) is 7.64. The second-order valence-electron chi connectivity index (χ2n) is 6.48. The number of hydrogen-bond acceptors (Lipinski definition) is 6. The third kappa shape index (κ3) is 3.78. The number of fused-ring (bicyclic) bond motifs is 1. The number of ether oxygens (including phenoxy) is 1. The molecule has 0 spiro atoms. The second-order valence-corrected chi connectivity index (χ2v) is 6.48. The van der Waals surface area contributed by atoms with Gasteiger partial charge in [0.05, 0.1) is 18.4 Å². The van der Waals surface area contributed by atoms with Crippen molar-refractivity contribution in [3.05, 3.63) is 65.6 Å². The lowest BCUT2D eigenvalue weighted by Gasteiger charge is -2.19. The van der Waals surface area contributed by atoms with E-state index >= 15 is 0 Å². The quantitative estimate of drug-likeness (QED) is 0.674. The monoisotopic (exact) mass is 378 g/mol. The maximum Gasteiger partial charge on any atom is 0.229 e. The van der Waals surface area contributed by atoms with Gasteiger partial charge >= 0.3 is 0 Å². The normalized spacial score (nSPS) is 13.0. The summed E-state index contributed by atoms with van der Waals surface area (Å²) in [5.41, 5.74) is 2.70. The van der Waals surface area contributed by atoms with Crippen LogP contribution in [0.5, 0.6) is 5.75 Å². The summed E-state index contributed by atoms with van der Waals surface area (Å²) in [5.74, 6) is 1.28. The summed E-state index contributed by atoms with van der Waals surface area (Å²) in [5, 5.41) is 6.30. The molecule has 0 fully saturated rings. The Hall–Kier alpha value is -3.48. The van der Waals surface area contributed by atoms with Crippen molar-refractivity contribution < 1.29 is 13.9 Å². The molecule has 1 heterocycles. The maximum absolute atomic E-state index is 13.1. The number of carbonyl (C=O) groups excluding carboxylic acids is 1. The van der Waals surface area contributed by atoms with Crippen LogP contribution in [0.1, 0.15) is 28.9 Å². The van der Waals surface area contributed by atoms with E-state index in [-0.39, 0.29) is 11.6 Å². The number of aryl methyl sites for hydroxylation is 1. The highest BCUT2D eigenvalue weighted by Gasteiger charge is 2.24. The van der Waals surface area contributed by atoms with Gasteiger partial charge in [-0.25, -0.2) is 9.37 Å². The van der Waals surface area contributed by atoms with Crippen LogP contribution < -0.4 is 15.4 Å². The molecular weight excluding hydrogens is 359 g/mol. The predicted molar refractivity (Wildman–Crippen MR) is 105 cm³/mol. The lowest BCUT2D eigenvalue weighted by atomic mass is 9.95. The molecule has 142 valence electrons. The Bertz CT molecular complexity index is 1000. The average molecular weight is 378 g/mol. The van der Waals surface area contributed by atoms with Crippen LogP contribution >= 0.6 is 0 Å². The van der Waals surface area contributed by atoms with Gasteiger partial charge in [-0.15, -0.1) is 0 Å². The lowest BCUT2D eigenvalue weighted by molar-refractivity contribution is 0.0972. The van der Waals surface area contributed by atoms with Crippen LogP contribution in [-0.4, -0.2) is 22.9 Å². The smallest absolute Gasteiger partial charge is 0.229 e. The SMILES string of the molecule is COc1ccc(Nc2nc(Nc3ccc(F)cc3)nc3c2C(=O)CCC3)cc1. The van der Waals surface area contributed by atoms with Crippen LogP contribution in [0, 0.1) is 5.82 Å². The molecule has 0 unspecified atom stereocenters. The zero-order valence-electron chi connectivity index (χ0n) is 15.3. The standard InChI is InChI=1S/C21H19FN4O2/c1-28-16-11-9-14(10-12-16)23-20-19-17(3-2-4-18(19)27)25-21(26-20)24-15-7-5-13(22)6-8-15/h5-12H,2-4H2,1H3,(H2,23,24,25,26). The first kappa shape index (κ1) is 17.9. The predicted octanol–water partition coefficient (Wildman–Crippen LogP) is 4.63. The molecule has 0 amide bonds. The molecule has 3 aromatic rings. The van der Waals surface area contributed by atoms with E-state index in [9.17, 15) is 9.18 Å². The summed E-state index contributed by atoms with van der Waals surface area (Å²) in [6.07, 6.45) is 1.96. The number of benzene rings is 2. The van der Waals surface area contributed by atoms with Crippen molar-refractivity contribution in [2.24, 2.45) is 0 Å². The molecule has 7 heteroatoms. The van der Waals surface area contributed by atoms with Gasteiger partial charge in [0.25, 0.3) is 0 Å². The van der Waals surface area contributed by atoms with Crippen LogP contribution in [0.3, 0.4) is 0 Å². The van der Waals surface area contributed by atoms with E-state index in [0.717, 1.165) is 17.9 Å². The summed E-state index contributed by atoms with van der Waals surface area (Å²) >= 11 is 0. The van der Waals surface area contributed by atoms with Crippen LogP contribution in [-0.2, 0) is 6.42 Å². The fourth-order valence-electron chi connectivity index (χ4n) is 3.14. The zero-order chi connectivity index (χ0) is 19.5. The van der Waals surface area contributed by atoms with E-state index in [2.05, 4.69) is 20.6 Å². The van der Waals surface area contributed by atoms with Crippen LogP contribution in [0.2, 0.25) is 0 Å². The highest BCUT2D eigenvalue weighted by molar-refractivity contribution is 6.03. The average Bonchev–Trinajstić information content (AvgIpc) is 2.70. The van der Waals surface area contributed by atoms with E-state index in [1.165, 1.54) is 12.1 Å². The van der Waals surface area contributed by atoms with E-state index in [1.807, 2.05) is 24.3 Å². The van der Waals surface area contributed by atoms with Gasteiger partial charge in [0, 0.05) is 17.8 Å². The molecule has 1 aromatic heterocycles. The van der Waals surface area contributed by atoms with E-state index < -0.39 is 0 Å². The molecular formula is C21H19FN4O2. The van der Waals surface area contributed by atoms with Crippen molar-refractivity contribution in [3.63, 3.8) is 0 Å². The van der Waals surface area contributed by atoms with Gasteiger partial charge in [-0.3, -0.25) is 4.79 Å². The van der Waals surface area contributed by atoms with Crippen molar-refractivity contribution in [2.45, 2.75) is 19.3 Å². The number of carbonyl (C=O) groups is 1. The molecule has 2 aromatic carbocycles. The van der Waals surface area contributed by atoms with E-state index in [0.29, 0.717) is 41.6 Å². The first-order chi connectivity index (χ1) is 13.6. The molecule has 2 N–H and O–H groups in total. The van der Waals surface area contributed by atoms with Gasteiger partial charge in [-0.05, 0) is 61.4 Å². The van der Waals surface area contributed by atoms with Gasteiger partial charge in [-0.2, -0.15) is 4.98 Å². The van der Waals surface area contributed by atoms with E-state index in [1.54, 1.807) is 19.2 Å². The van der Waals surface area contributed by atoms with Crippen molar-refractivity contribution in [1.82, 2.24) is 9.97 Å². The molecule has 0 saturated carbocycles.